The quantitative estimate of drug-likeness (QED) is 0.612. The largest absolute Gasteiger partial charge is 0.325 e. The molecule has 2 aromatic carbocycles. The van der Waals surface area contributed by atoms with Gasteiger partial charge in [0.2, 0.25) is 5.91 Å². The molecule has 4 heteroatoms. The van der Waals surface area contributed by atoms with Crippen LogP contribution in [0.15, 0.2) is 47.5 Å². The normalized spacial score (nSPS) is 10.9. The van der Waals surface area contributed by atoms with Crippen molar-refractivity contribution < 1.29 is 4.79 Å². The number of hydrogen-bond acceptors (Lipinski definition) is 3. The van der Waals surface area contributed by atoms with Crippen molar-refractivity contribution in [1.82, 2.24) is 4.98 Å². The van der Waals surface area contributed by atoms with Gasteiger partial charge in [0.25, 0.3) is 0 Å². The van der Waals surface area contributed by atoms with Gasteiger partial charge in [-0.1, -0.05) is 30.8 Å². The Morgan fingerprint density at radius 3 is 2.54 bits per heavy atom. The molecule has 3 nitrogen and oxygen atoms in total. The Labute approximate surface area is 159 Å². The van der Waals surface area contributed by atoms with E-state index in [0.29, 0.717) is 5.75 Å². The number of nitrogens with one attached hydrogen (secondary N) is 1. The van der Waals surface area contributed by atoms with E-state index >= 15 is 0 Å². The minimum absolute atomic E-state index is 0.0131. The van der Waals surface area contributed by atoms with E-state index in [0.717, 1.165) is 33.6 Å². The molecule has 1 amide bonds. The average molecular weight is 365 g/mol. The Hall–Kier alpha value is -2.33. The molecular formula is C22H24N2OS. The summed E-state index contributed by atoms with van der Waals surface area (Å²) in [6, 6.07) is 14.5. The zero-order valence-corrected chi connectivity index (χ0v) is 16.5. The average Bonchev–Trinajstić information content (AvgIpc) is 2.62. The standard InChI is InChI=1S/C22H24N2OS/c1-5-17-7-9-20-18(12-17)10-16(4)22(24-20)26-13-21(25)23-19-8-6-14(2)15(3)11-19/h6-12H,5,13H2,1-4H3,(H,23,25). The Morgan fingerprint density at radius 1 is 1.00 bits per heavy atom. The lowest BCUT2D eigenvalue weighted by atomic mass is 10.1. The lowest BCUT2D eigenvalue weighted by molar-refractivity contribution is -0.113. The highest BCUT2D eigenvalue weighted by molar-refractivity contribution is 8.00. The summed E-state index contributed by atoms with van der Waals surface area (Å²) in [7, 11) is 0. The third kappa shape index (κ3) is 4.25. The number of thioether (sulfide) groups is 1. The fraction of sp³-hybridized carbons (Fsp3) is 0.273. The monoisotopic (exact) mass is 364 g/mol. The van der Waals surface area contributed by atoms with Crippen LogP contribution in [0.2, 0.25) is 0 Å². The van der Waals surface area contributed by atoms with E-state index < -0.39 is 0 Å². The topological polar surface area (TPSA) is 42.0 Å². The first-order chi connectivity index (χ1) is 12.5. The molecule has 0 unspecified atom stereocenters. The molecule has 26 heavy (non-hydrogen) atoms. The van der Waals surface area contributed by atoms with E-state index in [-0.39, 0.29) is 5.91 Å². The highest BCUT2D eigenvalue weighted by atomic mass is 32.2. The molecule has 0 bridgehead atoms. The Kier molecular flexibility index (Phi) is 5.62. The van der Waals surface area contributed by atoms with E-state index in [1.54, 1.807) is 0 Å². The van der Waals surface area contributed by atoms with Gasteiger partial charge in [0.1, 0.15) is 5.03 Å². The van der Waals surface area contributed by atoms with Crippen molar-refractivity contribution >= 4 is 34.3 Å². The van der Waals surface area contributed by atoms with Gasteiger partial charge in [-0.3, -0.25) is 4.79 Å². The van der Waals surface area contributed by atoms with Gasteiger partial charge < -0.3 is 5.32 Å². The maximum atomic E-state index is 12.3. The van der Waals surface area contributed by atoms with E-state index in [4.69, 9.17) is 4.98 Å². The lowest BCUT2D eigenvalue weighted by Crippen LogP contribution is -2.14. The van der Waals surface area contributed by atoms with Crippen molar-refractivity contribution in [2.75, 3.05) is 11.1 Å². The van der Waals surface area contributed by atoms with Crippen LogP contribution >= 0.6 is 11.8 Å². The summed E-state index contributed by atoms with van der Waals surface area (Å²) in [5.41, 5.74) is 6.63. The first kappa shape index (κ1) is 18.5. The van der Waals surface area contributed by atoms with Crippen molar-refractivity contribution in [2.45, 2.75) is 39.1 Å². The Balaban J connectivity index is 1.69. The van der Waals surface area contributed by atoms with Crippen LogP contribution in [0.5, 0.6) is 0 Å². The second kappa shape index (κ2) is 7.92. The zero-order valence-electron chi connectivity index (χ0n) is 15.7. The van der Waals surface area contributed by atoms with Crippen LogP contribution < -0.4 is 5.32 Å². The number of benzene rings is 2. The SMILES string of the molecule is CCc1ccc2nc(SCC(=O)Nc3ccc(C)c(C)c3)c(C)cc2c1. The maximum Gasteiger partial charge on any atom is 0.234 e. The highest BCUT2D eigenvalue weighted by Gasteiger charge is 2.09. The molecule has 0 fully saturated rings. The summed E-state index contributed by atoms with van der Waals surface area (Å²) in [6.45, 7) is 8.31. The van der Waals surface area contributed by atoms with Crippen LogP contribution in [0, 0.1) is 20.8 Å². The molecule has 0 aliphatic rings. The predicted molar refractivity (Wildman–Crippen MR) is 111 cm³/mol. The van der Waals surface area contributed by atoms with Crippen molar-refractivity contribution in [3.05, 3.63) is 64.7 Å². The molecule has 0 atom stereocenters. The summed E-state index contributed by atoms with van der Waals surface area (Å²) in [6.07, 6.45) is 1.02. The predicted octanol–water partition coefficient (Wildman–Crippen LogP) is 5.45. The van der Waals surface area contributed by atoms with Gasteiger partial charge in [0.15, 0.2) is 0 Å². The second-order valence-corrected chi connectivity index (χ2v) is 7.59. The van der Waals surface area contributed by atoms with Gasteiger partial charge in [0, 0.05) is 11.1 Å². The fourth-order valence-electron chi connectivity index (χ4n) is 2.83. The van der Waals surface area contributed by atoms with Crippen LogP contribution in [0.25, 0.3) is 10.9 Å². The molecular weight excluding hydrogens is 340 g/mol. The molecule has 0 saturated carbocycles. The van der Waals surface area contributed by atoms with Crippen LogP contribution in [-0.2, 0) is 11.2 Å². The van der Waals surface area contributed by atoms with Gasteiger partial charge in [0.05, 0.1) is 11.3 Å². The van der Waals surface area contributed by atoms with Gasteiger partial charge in [-0.05, 0) is 79.8 Å². The van der Waals surface area contributed by atoms with Crippen LogP contribution in [0.1, 0.15) is 29.2 Å². The second-order valence-electron chi connectivity index (χ2n) is 6.63. The van der Waals surface area contributed by atoms with Gasteiger partial charge >= 0.3 is 0 Å². The molecule has 1 N–H and O–H groups in total. The summed E-state index contributed by atoms with van der Waals surface area (Å²) in [4.78, 5) is 17.0. The van der Waals surface area contributed by atoms with E-state index in [2.05, 4.69) is 50.4 Å². The number of aromatic nitrogens is 1. The number of pyridine rings is 1. The first-order valence-electron chi connectivity index (χ1n) is 8.86. The van der Waals surface area contributed by atoms with E-state index in [1.165, 1.54) is 28.5 Å². The zero-order chi connectivity index (χ0) is 18.7. The van der Waals surface area contributed by atoms with Gasteiger partial charge in [-0.15, -0.1) is 0 Å². The molecule has 0 aliphatic heterocycles. The molecule has 3 aromatic rings. The summed E-state index contributed by atoms with van der Waals surface area (Å²) >= 11 is 1.48. The van der Waals surface area contributed by atoms with E-state index in [9.17, 15) is 4.79 Å². The minimum atomic E-state index is -0.0131. The van der Waals surface area contributed by atoms with Crippen molar-refractivity contribution in [2.24, 2.45) is 0 Å². The Morgan fingerprint density at radius 2 is 1.81 bits per heavy atom. The molecule has 0 radical (unpaired) electrons. The molecule has 1 aromatic heterocycles. The lowest BCUT2D eigenvalue weighted by Gasteiger charge is -2.09. The number of rotatable bonds is 5. The fourth-order valence-corrected chi connectivity index (χ4v) is 3.62. The maximum absolute atomic E-state index is 12.3. The molecule has 3 rings (SSSR count). The van der Waals surface area contributed by atoms with Crippen molar-refractivity contribution in [1.29, 1.82) is 0 Å². The number of carbonyl (C=O) groups excluding carboxylic acids is 1. The summed E-state index contributed by atoms with van der Waals surface area (Å²) in [5, 5.41) is 5.04. The number of nitrogens with zero attached hydrogens (tertiary/aromatic N) is 1. The highest BCUT2D eigenvalue weighted by Crippen LogP contribution is 2.25. The third-order valence-electron chi connectivity index (χ3n) is 4.56. The number of aryl methyl sites for hydroxylation is 4. The minimum Gasteiger partial charge on any atom is -0.325 e. The number of anilines is 1. The first-order valence-corrected chi connectivity index (χ1v) is 9.85. The number of carbonyl (C=O) groups is 1. The third-order valence-corrected chi connectivity index (χ3v) is 5.66. The van der Waals surface area contributed by atoms with Gasteiger partial charge in [-0.25, -0.2) is 4.98 Å². The summed E-state index contributed by atoms with van der Waals surface area (Å²) < 4.78 is 0. The molecule has 0 saturated heterocycles. The molecule has 0 spiro atoms. The van der Waals surface area contributed by atoms with Crippen molar-refractivity contribution in [3.63, 3.8) is 0 Å². The molecule has 134 valence electrons. The number of hydrogen-bond donors (Lipinski definition) is 1. The summed E-state index contributed by atoms with van der Waals surface area (Å²) in [5.74, 6) is 0.333. The van der Waals surface area contributed by atoms with Crippen LogP contribution in [0.4, 0.5) is 5.69 Å². The molecule has 1 heterocycles. The number of amides is 1. The smallest absolute Gasteiger partial charge is 0.234 e. The van der Waals surface area contributed by atoms with Crippen molar-refractivity contribution in [3.8, 4) is 0 Å². The Bertz CT molecular complexity index is 966. The van der Waals surface area contributed by atoms with E-state index in [1.807, 2.05) is 25.1 Å². The number of fused-ring (bicyclic) bond motifs is 1. The van der Waals surface area contributed by atoms with Gasteiger partial charge in [-0.2, -0.15) is 0 Å². The molecule has 0 aliphatic carbocycles. The van der Waals surface area contributed by atoms with Crippen LogP contribution in [0.3, 0.4) is 0 Å². The van der Waals surface area contributed by atoms with Crippen LogP contribution in [-0.4, -0.2) is 16.6 Å².